The van der Waals surface area contributed by atoms with E-state index in [0.29, 0.717) is 19.8 Å². The van der Waals surface area contributed by atoms with Crippen LogP contribution >= 0.6 is 0 Å². The minimum Gasteiger partial charge on any atom is -0.493 e. The molecular weight excluding hydrogens is 290 g/mol. The number of methoxy groups -OCH3 is 2. The normalized spacial score (nSPS) is 10.6. The highest BCUT2D eigenvalue weighted by atomic mass is 16.5. The number of hydrogen-bond acceptors (Lipinski definition) is 4. The van der Waals surface area contributed by atoms with Gasteiger partial charge in [-0.25, -0.2) is 0 Å². The van der Waals surface area contributed by atoms with E-state index in [9.17, 15) is 0 Å². The monoisotopic (exact) mass is 315 g/mol. The van der Waals surface area contributed by atoms with E-state index in [1.807, 2.05) is 24.3 Å². The Hall–Kier alpha value is -2.04. The van der Waals surface area contributed by atoms with Crippen molar-refractivity contribution in [1.29, 1.82) is 0 Å². The number of benzene rings is 2. The third kappa shape index (κ3) is 4.98. The maximum atomic E-state index is 6.09. The fourth-order valence-corrected chi connectivity index (χ4v) is 2.34. The lowest BCUT2D eigenvalue weighted by Crippen LogP contribution is -2.19. The van der Waals surface area contributed by atoms with Crippen LogP contribution in [0.2, 0.25) is 0 Å². The largest absolute Gasteiger partial charge is 0.493 e. The summed E-state index contributed by atoms with van der Waals surface area (Å²) in [5.41, 5.74) is 3.48. The van der Waals surface area contributed by atoms with Crippen LogP contribution in [0.3, 0.4) is 0 Å². The number of hydrogen-bond donors (Lipinski definition) is 1. The fourth-order valence-electron chi connectivity index (χ4n) is 2.34. The summed E-state index contributed by atoms with van der Waals surface area (Å²) >= 11 is 0. The molecule has 0 fully saturated rings. The van der Waals surface area contributed by atoms with E-state index >= 15 is 0 Å². The SMILES string of the molecule is COCCNCc1cccc(OC)c1OCc1ccccc1C. The minimum atomic E-state index is 0.526. The van der Waals surface area contributed by atoms with Crippen molar-refractivity contribution in [2.45, 2.75) is 20.1 Å². The zero-order valence-electron chi connectivity index (χ0n) is 14.1. The zero-order valence-corrected chi connectivity index (χ0v) is 14.1. The van der Waals surface area contributed by atoms with E-state index in [1.165, 1.54) is 11.1 Å². The average molecular weight is 315 g/mol. The Balaban J connectivity index is 2.10. The van der Waals surface area contributed by atoms with Crippen LogP contribution in [-0.2, 0) is 17.9 Å². The van der Waals surface area contributed by atoms with Gasteiger partial charge in [0.05, 0.1) is 13.7 Å². The molecule has 23 heavy (non-hydrogen) atoms. The molecule has 2 rings (SSSR count). The van der Waals surface area contributed by atoms with E-state index < -0.39 is 0 Å². The minimum absolute atomic E-state index is 0.526. The maximum Gasteiger partial charge on any atom is 0.166 e. The number of para-hydroxylation sites is 1. The van der Waals surface area contributed by atoms with Crippen molar-refractivity contribution in [3.05, 3.63) is 59.2 Å². The van der Waals surface area contributed by atoms with Crippen molar-refractivity contribution in [1.82, 2.24) is 5.32 Å². The smallest absolute Gasteiger partial charge is 0.166 e. The molecule has 0 heterocycles. The first-order valence-electron chi connectivity index (χ1n) is 7.79. The summed E-state index contributed by atoms with van der Waals surface area (Å²) < 4.78 is 16.6. The van der Waals surface area contributed by atoms with Gasteiger partial charge in [0.1, 0.15) is 6.61 Å². The van der Waals surface area contributed by atoms with E-state index in [2.05, 4.69) is 30.4 Å². The molecule has 124 valence electrons. The Bertz CT molecular complexity index is 613. The predicted molar refractivity (Wildman–Crippen MR) is 92.1 cm³/mol. The quantitative estimate of drug-likeness (QED) is 0.721. The Morgan fingerprint density at radius 1 is 0.957 bits per heavy atom. The number of ether oxygens (including phenoxy) is 3. The van der Waals surface area contributed by atoms with Crippen LogP contribution in [0, 0.1) is 6.92 Å². The van der Waals surface area contributed by atoms with Crippen LogP contribution < -0.4 is 14.8 Å². The van der Waals surface area contributed by atoms with Crippen molar-refractivity contribution < 1.29 is 14.2 Å². The lowest BCUT2D eigenvalue weighted by molar-refractivity contribution is 0.199. The van der Waals surface area contributed by atoms with Gasteiger partial charge in [0.15, 0.2) is 11.5 Å². The third-order valence-electron chi connectivity index (χ3n) is 3.71. The molecule has 0 saturated carbocycles. The van der Waals surface area contributed by atoms with Gasteiger partial charge in [-0.1, -0.05) is 36.4 Å². The lowest BCUT2D eigenvalue weighted by atomic mass is 10.1. The van der Waals surface area contributed by atoms with Gasteiger partial charge in [-0.05, 0) is 24.1 Å². The summed E-state index contributed by atoms with van der Waals surface area (Å²) in [5.74, 6) is 1.55. The molecule has 0 unspecified atom stereocenters. The van der Waals surface area contributed by atoms with Gasteiger partial charge in [0.2, 0.25) is 0 Å². The zero-order chi connectivity index (χ0) is 16.5. The van der Waals surface area contributed by atoms with Crippen molar-refractivity contribution >= 4 is 0 Å². The van der Waals surface area contributed by atoms with Gasteiger partial charge in [-0.2, -0.15) is 0 Å². The summed E-state index contributed by atoms with van der Waals surface area (Å²) in [5, 5.41) is 3.34. The van der Waals surface area contributed by atoms with Gasteiger partial charge in [-0.3, -0.25) is 0 Å². The van der Waals surface area contributed by atoms with E-state index in [-0.39, 0.29) is 0 Å². The van der Waals surface area contributed by atoms with Crippen LogP contribution in [0.15, 0.2) is 42.5 Å². The fraction of sp³-hybridized carbons (Fsp3) is 0.368. The van der Waals surface area contributed by atoms with Gasteiger partial charge in [-0.15, -0.1) is 0 Å². The second kappa shape index (κ2) is 9.18. The molecule has 0 aromatic heterocycles. The van der Waals surface area contributed by atoms with Crippen LogP contribution in [-0.4, -0.2) is 27.4 Å². The molecule has 0 radical (unpaired) electrons. The van der Waals surface area contributed by atoms with E-state index in [1.54, 1.807) is 14.2 Å². The summed E-state index contributed by atoms with van der Waals surface area (Å²) in [6, 6.07) is 14.2. The van der Waals surface area contributed by atoms with E-state index in [0.717, 1.165) is 23.6 Å². The molecule has 2 aromatic carbocycles. The number of nitrogens with one attached hydrogen (secondary N) is 1. The summed E-state index contributed by atoms with van der Waals surface area (Å²) in [7, 11) is 3.36. The molecule has 0 atom stereocenters. The van der Waals surface area contributed by atoms with Crippen molar-refractivity contribution in [2.24, 2.45) is 0 Å². The van der Waals surface area contributed by atoms with Gasteiger partial charge >= 0.3 is 0 Å². The first-order chi connectivity index (χ1) is 11.3. The highest BCUT2D eigenvalue weighted by molar-refractivity contribution is 5.46. The Morgan fingerprint density at radius 3 is 2.48 bits per heavy atom. The van der Waals surface area contributed by atoms with Gasteiger partial charge in [0, 0.05) is 25.8 Å². The third-order valence-corrected chi connectivity index (χ3v) is 3.71. The highest BCUT2D eigenvalue weighted by Crippen LogP contribution is 2.32. The molecule has 0 amide bonds. The Kier molecular flexibility index (Phi) is 6.91. The first-order valence-corrected chi connectivity index (χ1v) is 7.79. The van der Waals surface area contributed by atoms with E-state index in [4.69, 9.17) is 14.2 Å². The van der Waals surface area contributed by atoms with Gasteiger partial charge in [0.25, 0.3) is 0 Å². The standard InChI is InChI=1S/C19H25NO3/c1-15-7-4-5-8-17(15)14-23-19-16(13-20-11-12-21-2)9-6-10-18(19)22-3/h4-10,20H,11-14H2,1-3H3. The molecule has 4 heteroatoms. The van der Waals surface area contributed by atoms with Crippen LogP contribution in [0.5, 0.6) is 11.5 Å². The van der Waals surface area contributed by atoms with Gasteiger partial charge < -0.3 is 19.5 Å². The summed E-state index contributed by atoms with van der Waals surface area (Å²) in [4.78, 5) is 0. The second-order valence-electron chi connectivity index (χ2n) is 5.33. The first kappa shape index (κ1) is 17.3. The second-order valence-corrected chi connectivity index (χ2v) is 5.33. The molecule has 0 bridgehead atoms. The molecule has 0 aliphatic rings. The lowest BCUT2D eigenvalue weighted by Gasteiger charge is -2.16. The van der Waals surface area contributed by atoms with Crippen LogP contribution in [0.4, 0.5) is 0 Å². The molecule has 0 spiro atoms. The van der Waals surface area contributed by atoms with Crippen molar-refractivity contribution in [3.8, 4) is 11.5 Å². The summed E-state index contributed by atoms with van der Waals surface area (Å²) in [6.07, 6.45) is 0. The molecular formula is C19H25NO3. The maximum absolute atomic E-state index is 6.09. The Labute approximate surface area is 138 Å². The molecule has 0 aliphatic heterocycles. The highest BCUT2D eigenvalue weighted by Gasteiger charge is 2.11. The van der Waals surface area contributed by atoms with Crippen LogP contribution in [0.1, 0.15) is 16.7 Å². The van der Waals surface area contributed by atoms with Crippen LogP contribution in [0.25, 0.3) is 0 Å². The van der Waals surface area contributed by atoms with Crippen molar-refractivity contribution in [3.63, 3.8) is 0 Å². The number of rotatable bonds is 9. The Morgan fingerprint density at radius 2 is 1.74 bits per heavy atom. The molecule has 0 aliphatic carbocycles. The topological polar surface area (TPSA) is 39.7 Å². The molecule has 0 saturated heterocycles. The molecule has 2 aromatic rings. The molecule has 4 nitrogen and oxygen atoms in total. The van der Waals surface area contributed by atoms with Crippen molar-refractivity contribution in [2.75, 3.05) is 27.4 Å². The average Bonchev–Trinajstić information content (AvgIpc) is 2.58. The predicted octanol–water partition coefficient (Wildman–Crippen LogP) is 3.32. The molecule has 1 N–H and O–H groups in total. The summed E-state index contributed by atoms with van der Waals surface area (Å²) in [6.45, 7) is 4.81. The number of aryl methyl sites for hydroxylation is 1.